The van der Waals surface area contributed by atoms with Crippen LogP contribution >= 0.6 is 0 Å². The molecule has 0 aliphatic rings. The number of nitrogens with zero attached hydrogens (tertiary/aromatic N) is 2. The van der Waals surface area contributed by atoms with Gasteiger partial charge in [-0.05, 0) is 19.1 Å². The molecule has 0 aliphatic heterocycles. The van der Waals surface area contributed by atoms with Crippen molar-refractivity contribution < 1.29 is 19.4 Å². The second-order valence-corrected chi connectivity index (χ2v) is 4.52. The van der Waals surface area contributed by atoms with E-state index in [0.717, 1.165) is 0 Å². The summed E-state index contributed by atoms with van der Waals surface area (Å²) in [6.45, 7) is 1.52. The Balaban J connectivity index is 2.71. The Labute approximate surface area is 122 Å². The van der Waals surface area contributed by atoms with Crippen LogP contribution < -0.4 is 10.1 Å². The van der Waals surface area contributed by atoms with Gasteiger partial charge in [0.05, 0.1) is 17.7 Å². The molecule has 0 bridgehead atoms. The van der Waals surface area contributed by atoms with Gasteiger partial charge >= 0.3 is 12.0 Å². The number of carboxylic acids is 1. The van der Waals surface area contributed by atoms with Crippen LogP contribution in [0.25, 0.3) is 0 Å². The zero-order valence-electron chi connectivity index (χ0n) is 11.9. The number of benzene rings is 1. The lowest BCUT2D eigenvalue weighted by molar-refractivity contribution is -0.139. The van der Waals surface area contributed by atoms with Gasteiger partial charge in [0.2, 0.25) is 0 Å². The average molecular weight is 291 g/mol. The number of urea groups is 1. The van der Waals surface area contributed by atoms with Gasteiger partial charge in [-0.15, -0.1) is 0 Å². The van der Waals surface area contributed by atoms with E-state index in [-0.39, 0.29) is 11.7 Å². The highest BCUT2D eigenvalue weighted by Crippen LogP contribution is 2.23. The first-order valence-corrected chi connectivity index (χ1v) is 6.29. The van der Waals surface area contributed by atoms with Crippen LogP contribution in [0.5, 0.6) is 5.75 Å². The fraction of sp³-hybridized carbons (Fsp3) is 0.357. The molecule has 1 aromatic carbocycles. The molecule has 0 fully saturated rings. The van der Waals surface area contributed by atoms with E-state index in [1.807, 2.05) is 6.07 Å². The Morgan fingerprint density at radius 1 is 1.48 bits per heavy atom. The molecule has 112 valence electrons. The van der Waals surface area contributed by atoms with Gasteiger partial charge in [0.1, 0.15) is 5.75 Å². The highest BCUT2D eigenvalue weighted by Gasteiger charge is 2.14. The maximum absolute atomic E-state index is 12.0. The molecule has 0 aromatic heterocycles. The van der Waals surface area contributed by atoms with Gasteiger partial charge in [-0.1, -0.05) is 12.1 Å². The normalized spacial score (nSPS) is 11.1. The molecule has 0 saturated heterocycles. The molecule has 7 nitrogen and oxygen atoms in total. The Kier molecular flexibility index (Phi) is 6.01. The predicted molar refractivity (Wildman–Crippen MR) is 76.0 cm³/mol. The SMILES string of the molecule is CC(C#N)CN(C)C(=O)Nc1ccccc1OCC(=O)O. The lowest BCUT2D eigenvalue weighted by Crippen LogP contribution is -2.34. The third-order valence-corrected chi connectivity index (χ3v) is 2.59. The van der Waals surface area contributed by atoms with Crippen molar-refractivity contribution in [3.8, 4) is 11.8 Å². The van der Waals surface area contributed by atoms with E-state index < -0.39 is 18.6 Å². The molecule has 0 radical (unpaired) electrons. The van der Waals surface area contributed by atoms with Crippen molar-refractivity contribution in [1.29, 1.82) is 5.26 Å². The van der Waals surface area contributed by atoms with Gasteiger partial charge in [0, 0.05) is 13.6 Å². The summed E-state index contributed by atoms with van der Waals surface area (Å²) in [5, 5.41) is 20.0. The van der Waals surface area contributed by atoms with Crippen LogP contribution in [-0.4, -0.2) is 42.2 Å². The summed E-state index contributed by atoms with van der Waals surface area (Å²) in [7, 11) is 1.57. The smallest absolute Gasteiger partial charge is 0.341 e. The van der Waals surface area contributed by atoms with Crippen molar-refractivity contribution in [3.05, 3.63) is 24.3 Å². The summed E-state index contributed by atoms with van der Waals surface area (Å²) in [6, 6.07) is 8.19. The van der Waals surface area contributed by atoms with Crippen molar-refractivity contribution in [3.63, 3.8) is 0 Å². The zero-order chi connectivity index (χ0) is 15.8. The van der Waals surface area contributed by atoms with E-state index in [4.69, 9.17) is 15.1 Å². The number of rotatable bonds is 6. The van der Waals surface area contributed by atoms with Crippen molar-refractivity contribution >= 4 is 17.7 Å². The third-order valence-electron chi connectivity index (χ3n) is 2.59. The number of carbonyl (C=O) groups excluding carboxylic acids is 1. The van der Waals surface area contributed by atoms with E-state index in [1.54, 1.807) is 38.2 Å². The molecule has 2 N–H and O–H groups in total. The summed E-state index contributed by atoms with van der Waals surface area (Å²) in [6.07, 6.45) is 0. The Morgan fingerprint density at radius 2 is 2.14 bits per heavy atom. The summed E-state index contributed by atoms with van der Waals surface area (Å²) < 4.78 is 5.10. The molecule has 0 saturated carbocycles. The van der Waals surface area contributed by atoms with Gasteiger partial charge in [-0.3, -0.25) is 0 Å². The highest BCUT2D eigenvalue weighted by atomic mass is 16.5. The largest absolute Gasteiger partial charge is 0.480 e. The number of carboxylic acid groups (broad SMARTS) is 1. The van der Waals surface area contributed by atoms with Gasteiger partial charge in [0.25, 0.3) is 0 Å². The van der Waals surface area contributed by atoms with E-state index in [1.165, 1.54) is 4.90 Å². The summed E-state index contributed by atoms with van der Waals surface area (Å²) in [5.74, 6) is -1.11. The summed E-state index contributed by atoms with van der Waals surface area (Å²) in [5.41, 5.74) is 0.375. The van der Waals surface area contributed by atoms with E-state index in [2.05, 4.69) is 5.32 Å². The van der Waals surface area contributed by atoms with Crippen LogP contribution in [0.2, 0.25) is 0 Å². The van der Waals surface area contributed by atoms with E-state index in [0.29, 0.717) is 12.2 Å². The van der Waals surface area contributed by atoms with E-state index in [9.17, 15) is 9.59 Å². The van der Waals surface area contributed by atoms with E-state index >= 15 is 0 Å². The first-order valence-electron chi connectivity index (χ1n) is 6.29. The molecule has 1 aromatic rings. The standard InChI is InChI=1S/C14H17N3O4/c1-10(7-15)8-17(2)14(20)16-11-5-3-4-6-12(11)21-9-13(18)19/h3-6,10H,8-9H2,1-2H3,(H,16,20)(H,18,19). The summed E-state index contributed by atoms with van der Waals surface area (Å²) in [4.78, 5) is 23.9. The zero-order valence-corrected chi connectivity index (χ0v) is 11.9. The number of aliphatic carboxylic acids is 1. The fourth-order valence-electron chi connectivity index (χ4n) is 1.58. The van der Waals surface area contributed by atoms with Crippen molar-refractivity contribution in [2.45, 2.75) is 6.92 Å². The Bertz CT molecular complexity index is 553. The van der Waals surface area contributed by atoms with Gasteiger partial charge in [-0.25, -0.2) is 9.59 Å². The topological polar surface area (TPSA) is 103 Å². The van der Waals surface area contributed by atoms with Gasteiger partial charge < -0.3 is 20.1 Å². The molecule has 21 heavy (non-hydrogen) atoms. The molecule has 1 unspecified atom stereocenters. The maximum Gasteiger partial charge on any atom is 0.341 e. The second kappa shape index (κ2) is 7.75. The van der Waals surface area contributed by atoms with Crippen molar-refractivity contribution in [2.24, 2.45) is 5.92 Å². The number of nitrogens with one attached hydrogen (secondary N) is 1. The van der Waals surface area contributed by atoms with Crippen LogP contribution in [0.15, 0.2) is 24.3 Å². The fourth-order valence-corrected chi connectivity index (χ4v) is 1.58. The minimum absolute atomic E-state index is 0.273. The molecule has 0 heterocycles. The Morgan fingerprint density at radius 3 is 2.76 bits per heavy atom. The lowest BCUT2D eigenvalue weighted by atomic mass is 10.2. The highest BCUT2D eigenvalue weighted by molar-refractivity contribution is 5.90. The number of carbonyl (C=O) groups is 2. The number of nitriles is 1. The lowest BCUT2D eigenvalue weighted by Gasteiger charge is -2.20. The minimum atomic E-state index is -1.10. The minimum Gasteiger partial charge on any atom is -0.480 e. The third kappa shape index (κ3) is 5.40. The molecule has 0 spiro atoms. The number of ether oxygens (including phenoxy) is 1. The molecule has 0 aliphatic carbocycles. The molecule has 7 heteroatoms. The number of hydrogen-bond donors (Lipinski definition) is 2. The van der Waals surface area contributed by atoms with Crippen LogP contribution in [0.3, 0.4) is 0 Å². The number of para-hydroxylation sites is 2. The quantitative estimate of drug-likeness (QED) is 0.831. The Hall–Kier alpha value is -2.75. The number of amides is 2. The monoisotopic (exact) mass is 291 g/mol. The van der Waals surface area contributed by atoms with Crippen LogP contribution in [0.1, 0.15) is 6.92 Å². The van der Waals surface area contributed by atoms with Crippen LogP contribution in [0, 0.1) is 17.2 Å². The van der Waals surface area contributed by atoms with Gasteiger partial charge in [0.15, 0.2) is 6.61 Å². The molecule has 1 atom stereocenters. The first-order chi connectivity index (χ1) is 9.93. The van der Waals surface area contributed by atoms with Crippen molar-refractivity contribution in [2.75, 3.05) is 25.5 Å². The van der Waals surface area contributed by atoms with Crippen LogP contribution in [-0.2, 0) is 4.79 Å². The maximum atomic E-state index is 12.0. The molecule has 1 rings (SSSR count). The van der Waals surface area contributed by atoms with Crippen molar-refractivity contribution in [1.82, 2.24) is 4.90 Å². The second-order valence-electron chi connectivity index (χ2n) is 4.52. The average Bonchev–Trinajstić information content (AvgIpc) is 2.45. The first kappa shape index (κ1) is 16.3. The molecular weight excluding hydrogens is 274 g/mol. The predicted octanol–water partition coefficient (Wildman–Crippen LogP) is 1.77. The van der Waals surface area contributed by atoms with Crippen LogP contribution in [0.4, 0.5) is 10.5 Å². The number of hydrogen-bond acceptors (Lipinski definition) is 4. The van der Waals surface area contributed by atoms with Gasteiger partial charge in [-0.2, -0.15) is 5.26 Å². The number of anilines is 1. The molecular formula is C14H17N3O4. The molecule has 2 amide bonds. The summed E-state index contributed by atoms with van der Waals surface area (Å²) >= 11 is 0.